The molecular formula is C35H45Cl2N5O5S. The first-order chi connectivity index (χ1) is 23.1. The number of benzene rings is 1. The second-order valence-electron chi connectivity index (χ2n) is 12.8. The highest BCUT2D eigenvalue weighted by Gasteiger charge is 2.42. The molecule has 3 N–H and O–H groups in total. The molecule has 48 heavy (non-hydrogen) atoms. The van der Waals surface area contributed by atoms with Crippen molar-refractivity contribution in [3.05, 3.63) is 72.9 Å². The van der Waals surface area contributed by atoms with Gasteiger partial charge in [-0.1, -0.05) is 56.0 Å². The summed E-state index contributed by atoms with van der Waals surface area (Å²) in [6.45, 7) is 10.2. The van der Waals surface area contributed by atoms with Crippen LogP contribution < -0.4 is 5.32 Å². The molecule has 0 radical (unpaired) electrons. The van der Waals surface area contributed by atoms with Gasteiger partial charge in [-0.3, -0.25) is 14.6 Å². The van der Waals surface area contributed by atoms with E-state index < -0.39 is 17.9 Å². The Morgan fingerprint density at radius 2 is 1.60 bits per heavy atom. The number of aromatic nitrogens is 1. The first-order valence-electron chi connectivity index (χ1n) is 16.9. The summed E-state index contributed by atoms with van der Waals surface area (Å²) in [5.74, 6) is -4.14. The van der Waals surface area contributed by atoms with E-state index in [1.54, 1.807) is 29.3 Å². The van der Waals surface area contributed by atoms with Crippen LogP contribution in [0.1, 0.15) is 75.3 Å². The number of carboxylic acids is 2. The lowest BCUT2D eigenvalue weighted by Gasteiger charge is -2.43. The van der Waals surface area contributed by atoms with Gasteiger partial charge in [-0.05, 0) is 50.9 Å². The monoisotopic (exact) mass is 717 g/mol. The number of aliphatic carboxylic acids is 2. The summed E-state index contributed by atoms with van der Waals surface area (Å²) in [5.41, 5.74) is 0.512. The van der Waals surface area contributed by atoms with Crippen molar-refractivity contribution in [3.63, 3.8) is 0 Å². The van der Waals surface area contributed by atoms with Crippen molar-refractivity contribution in [2.45, 2.75) is 76.7 Å². The third-order valence-electron chi connectivity index (χ3n) is 10.3. The fourth-order valence-corrected chi connectivity index (χ4v) is 9.07. The maximum Gasteiger partial charge on any atom is 0.334 e. The SMILES string of the molecule is CCN(CC)C1(CCN2CCN(C(=O)CC3=C(C(=O)O)C(c4c(Cl)cccc4Cl)C(C(=O)O)=C(CCc4nccs4)N3)CC2)CCCC1. The van der Waals surface area contributed by atoms with Gasteiger partial charge in [0.2, 0.25) is 5.91 Å². The van der Waals surface area contributed by atoms with Crippen LogP contribution in [0.25, 0.3) is 0 Å². The zero-order valence-corrected chi connectivity index (χ0v) is 30.0. The minimum atomic E-state index is -1.34. The van der Waals surface area contributed by atoms with Gasteiger partial charge in [-0.25, -0.2) is 14.6 Å². The highest BCUT2D eigenvalue weighted by atomic mass is 35.5. The molecule has 1 aliphatic carbocycles. The smallest absolute Gasteiger partial charge is 0.334 e. The van der Waals surface area contributed by atoms with E-state index in [0.29, 0.717) is 25.2 Å². The predicted molar refractivity (Wildman–Crippen MR) is 188 cm³/mol. The highest BCUT2D eigenvalue weighted by Crippen LogP contribution is 2.45. The molecule has 3 heterocycles. The molecule has 1 saturated heterocycles. The maximum absolute atomic E-state index is 13.8. The van der Waals surface area contributed by atoms with E-state index in [1.165, 1.54) is 37.0 Å². The Balaban J connectivity index is 1.36. The molecule has 1 aromatic heterocycles. The normalized spacial score (nSPS) is 20.0. The largest absolute Gasteiger partial charge is 0.478 e. The van der Waals surface area contributed by atoms with Crippen LogP contribution in [0.15, 0.2) is 52.3 Å². The lowest BCUT2D eigenvalue weighted by Crippen LogP contribution is -2.52. The number of thiazole rings is 1. The Kier molecular flexibility index (Phi) is 12.2. The molecule has 1 aromatic carbocycles. The third-order valence-corrected chi connectivity index (χ3v) is 11.8. The van der Waals surface area contributed by atoms with Crippen molar-refractivity contribution in [3.8, 4) is 0 Å². The molecule has 13 heteroatoms. The first kappa shape index (κ1) is 36.3. The molecule has 5 rings (SSSR count). The standard InChI is InChI=1S/C35H45Cl2N5O5S/c1-3-42(4-2)35(12-5-6-13-35)14-16-40-17-19-41(20-18-40)28(43)22-26-31(34(46)47)32(29-23(36)8-7-9-24(29)37)30(33(44)45)25(39-26)10-11-27-38-15-21-48-27/h7-9,15,21,32,39H,3-6,10-14,16-20,22H2,1-2H3,(H,44,45)(H,46,47). The van der Waals surface area contributed by atoms with Crippen molar-refractivity contribution >= 4 is 52.4 Å². The number of hydrogen-bond acceptors (Lipinski definition) is 8. The van der Waals surface area contributed by atoms with Gasteiger partial charge in [0, 0.05) is 83.3 Å². The quantitative estimate of drug-likeness (QED) is 0.215. The number of piperazine rings is 1. The summed E-state index contributed by atoms with van der Waals surface area (Å²) >= 11 is 14.6. The van der Waals surface area contributed by atoms with Gasteiger partial charge in [0.25, 0.3) is 0 Å². The van der Waals surface area contributed by atoms with Gasteiger partial charge < -0.3 is 20.4 Å². The molecule has 260 valence electrons. The molecule has 10 nitrogen and oxygen atoms in total. The van der Waals surface area contributed by atoms with Gasteiger partial charge in [0.1, 0.15) is 0 Å². The lowest BCUT2D eigenvalue weighted by molar-refractivity contribution is -0.133. The van der Waals surface area contributed by atoms with E-state index in [4.69, 9.17) is 23.2 Å². The average Bonchev–Trinajstić information content (AvgIpc) is 3.76. The number of hydrogen-bond donors (Lipinski definition) is 3. The number of aryl methyl sites for hydroxylation is 1. The second-order valence-corrected chi connectivity index (χ2v) is 14.6. The van der Waals surface area contributed by atoms with Crippen molar-refractivity contribution in [2.24, 2.45) is 0 Å². The number of carbonyl (C=O) groups excluding carboxylic acids is 1. The Labute approximate surface area is 296 Å². The summed E-state index contributed by atoms with van der Waals surface area (Å²) < 4.78 is 0. The molecule has 1 atom stereocenters. The molecule has 0 bridgehead atoms. The number of halogens is 2. The Hall–Kier alpha value is -2.96. The number of carbonyl (C=O) groups is 3. The molecule has 1 unspecified atom stereocenters. The van der Waals surface area contributed by atoms with Crippen LogP contribution in [-0.4, -0.2) is 99.1 Å². The van der Waals surface area contributed by atoms with Gasteiger partial charge >= 0.3 is 11.9 Å². The summed E-state index contributed by atoms with van der Waals surface area (Å²) in [5, 5.41) is 27.1. The Morgan fingerprint density at radius 1 is 0.979 bits per heavy atom. The van der Waals surface area contributed by atoms with Crippen LogP contribution in [0.3, 0.4) is 0 Å². The first-order valence-corrected chi connectivity index (χ1v) is 18.5. The summed E-state index contributed by atoms with van der Waals surface area (Å²) in [6, 6.07) is 4.73. The van der Waals surface area contributed by atoms with Crippen LogP contribution in [-0.2, 0) is 20.8 Å². The average molecular weight is 719 g/mol. The van der Waals surface area contributed by atoms with Crippen molar-refractivity contribution < 1.29 is 24.6 Å². The van der Waals surface area contributed by atoms with E-state index in [0.717, 1.165) is 44.2 Å². The highest BCUT2D eigenvalue weighted by molar-refractivity contribution is 7.09. The van der Waals surface area contributed by atoms with E-state index in [-0.39, 0.29) is 56.7 Å². The number of carboxylic acid groups (broad SMARTS) is 2. The molecule has 2 fully saturated rings. The van der Waals surface area contributed by atoms with E-state index in [2.05, 4.69) is 33.9 Å². The number of nitrogens with zero attached hydrogens (tertiary/aromatic N) is 4. The summed E-state index contributed by atoms with van der Waals surface area (Å²) in [4.78, 5) is 50.8. The Morgan fingerprint density at radius 3 is 2.17 bits per heavy atom. The maximum atomic E-state index is 13.8. The zero-order valence-electron chi connectivity index (χ0n) is 27.6. The zero-order chi connectivity index (χ0) is 34.4. The molecule has 0 spiro atoms. The van der Waals surface area contributed by atoms with Crippen LogP contribution >= 0.6 is 34.5 Å². The number of rotatable bonds is 14. The fraction of sp³-hybridized carbons (Fsp3) is 0.543. The van der Waals surface area contributed by atoms with Gasteiger partial charge in [-0.2, -0.15) is 0 Å². The number of allylic oxidation sites excluding steroid dienone is 1. The third kappa shape index (κ3) is 7.91. The molecule has 3 aliphatic rings. The van der Waals surface area contributed by atoms with Gasteiger partial charge in [0.15, 0.2) is 0 Å². The van der Waals surface area contributed by atoms with Gasteiger partial charge in [-0.15, -0.1) is 11.3 Å². The molecule has 1 amide bonds. The summed E-state index contributed by atoms with van der Waals surface area (Å²) in [6.07, 6.45) is 8.29. The lowest BCUT2D eigenvalue weighted by atomic mass is 9.79. The van der Waals surface area contributed by atoms with Crippen LogP contribution in [0.2, 0.25) is 10.0 Å². The van der Waals surface area contributed by atoms with Crippen molar-refractivity contribution in [2.75, 3.05) is 45.8 Å². The molecular weight excluding hydrogens is 673 g/mol. The Bertz CT molecular complexity index is 1520. The minimum Gasteiger partial charge on any atom is -0.478 e. The molecule has 1 saturated carbocycles. The second kappa shape index (κ2) is 16.2. The minimum absolute atomic E-state index is 0.147. The van der Waals surface area contributed by atoms with E-state index >= 15 is 0 Å². The van der Waals surface area contributed by atoms with Crippen LogP contribution in [0, 0.1) is 0 Å². The van der Waals surface area contributed by atoms with Crippen LogP contribution in [0.5, 0.6) is 0 Å². The fourth-order valence-electron chi connectivity index (χ4n) is 7.84. The number of nitrogens with one attached hydrogen (secondary N) is 1. The van der Waals surface area contributed by atoms with Crippen molar-refractivity contribution in [1.29, 1.82) is 0 Å². The topological polar surface area (TPSA) is 126 Å². The van der Waals surface area contributed by atoms with Gasteiger partial charge in [0.05, 0.1) is 28.5 Å². The van der Waals surface area contributed by atoms with Crippen molar-refractivity contribution in [1.82, 2.24) is 25.0 Å². The predicted octanol–water partition coefficient (Wildman–Crippen LogP) is 6.03. The summed E-state index contributed by atoms with van der Waals surface area (Å²) in [7, 11) is 0. The van der Waals surface area contributed by atoms with E-state index in [9.17, 15) is 24.6 Å². The molecule has 2 aliphatic heterocycles. The molecule has 2 aromatic rings. The number of amides is 1. The number of dihydropyridines is 1. The van der Waals surface area contributed by atoms with E-state index in [1.807, 2.05) is 5.38 Å². The van der Waals surface area contributed by atoms with Crippen LogP contribution in [0.4, 0.5) is 0 Å².